The Bertz CT molecular complexity index is 368. The highest BCUT2D eigenvalue weighted by atomic mass is 35.5. The van der Waals surface area contributed by atoms with Crippen molar-refractivity contribution in [3.63, 3.8) is 0 Å². The second kappa shape index (κ2) is 5.59. The molecule has 1 N–H and O–H groups in total. The van der Waals surface area contributed by atoms with Crippen LogP contribution in [0.5, 0.6) is 0 Å². The molecule has 15 heavy (non-hydrogen) atoms. The molecule has 0 radical (unpaired) electrons. The summed E-state index contributed by atoms with van der Waals surface area (Å²) in [5.74, 6) is -0.166. The predicted octanol–water partition coefficient (Wildman–Crippen LogP) is 3.81. The van der Waals surface area contributed by atoms with Gasteiger partial charge in [-0.25, -0.2) is 0 Å². The molecule has 2 nitrogen and oxygen atoms in total. The minimum atomic E-state index is -0.262. The van der Waals surface area contributed by atoms with Gasteiger partial charge in [-0.15, -0.1) is 11.6 Å². The van der Waals surface area contributed by atoms with E-state index in [0.29, 0.717) is 15.7 Å². The molecule has 1 unspecified atom stereocenters. The number of carbonyl (C=O) groups excluding carboxylic acids is 1. The van der Waals surface area contributed by atoms with E-state index in [4.69, 9.17) is 34.8 Å². The summed E-state index contributed by atoms with van der Waals surface area (Å²) in [7, 11) is 0. The van der Waals surface area contributed by atoms with Crippen molar-refractivity contribution in [2.45, 2.75) is 6.92 Å². The van der Waals surface area contributed by atoms with E-state index < -0.39 is 0 Å². The van der Waals surface area contributed by atoms with Crippen LogP contribution in [0.1, 0.15) is 6.92 Å². The highest BCUT2D eigenvalue weighted by molar-refractivity contribution is 6.44. The SMILES string of the molecule is CC(CCl)C(=O)Nc1cccc(Cl)c1Cl. The Hall–Kier alpha value is -0.440. The van der Waals surface area contributed by atoms with Gasteiger partial charge in [0.15, 0.2) is 0 Å². The van der Waals surface area contributed by atoms with Crippen LogP contribution in [0.2, 0.25) is 10.0 Å². The quantitative estimate of drug-likeness (QED) is 0.828. The molecule has 0 spiro atoms. The van der Waals surface area contributed by atoms with Gasteiger partial charge in [-0.05, 0) is 12.1 Å². The summed E-state index contributed by atoms with van der Waals surface area (Å²) in [6.45, 7) is 1.74. The minimum Gasteiger partial charge on any atom is -0.324 e. The number of benzene rings is 1. The van der Waals surface area contributed by atoms with Crippen molar-refractivity contribution in [1.82, 2.24) is 0 Å². The number of hydrogen-bond donors (Lipinski definition) is 1. The van der Waals surface area contributed by atoms with E-state index in [1.807, 2.05) is 0 Å². The second-order valence-electron chi connectivity index (χ2n) is 3.15. The first-order valence-corrected chi connectivity index (χ1v) is 5.66. The maximum absolute atomic E-state index is 11.5. The molecule has 0 bridgehead atoms. The molecular weight excluding hydrogens is 256 g/mol. The average Bonchev–Trinajstić information content (AvgIpc) is 2.23. The summed E-state index contributed by atoms with van der Waals surface area (Å²) < 4.78 is 0. The molecule has 5 heteroatoms. The van der Waals surface area contributed by atoms with E-state index in [0.717, 1.165) is 0 Å². The number of carbonyl (C=O) groups is 1. The highest BCUT2D eigenvalue weighted by Crippen LogP contribution is 2.29. The van der Waals surface area contributed by atoms with Gasteiger partial charge in [0.1, 0.15) is 0 Å². The van der Waals surface area contributed by atoms with Crippen LogP contribution in [0.4, 0.5) is 5.69 Å². The highest BCUT2D eigenvalue weighted by Gasteiger charge is 2.13. The number of amides is 1. The summed E-state index contributed by atoms with van der Waals surface area (Å²) in [5, 5.41) is 3.41. The fourth-order valence-corrected chi connectivity index (χ4v) is 1.41. The van der Waals surface area contributed by atoms with Gasteiger partial charge in [-0.1, -0.05) is 36.2 Å². The molecule has 0 aromatic heterocycles. The molecule has 1 amide bonds. The van der Waals surface area contributed by atoms with Gasteiger partial charge < -0.3 is 5.32 Å². The van der Waals surface area contributed by atoms with Crippen molar-refractivity contribution in [1.29, 1.82) is 0 Å². The third-order valence-electron chi connectivity index (χ3n) is 1.89. The van der Waals surface area contributed by atoms with Crippen molar-refractivity contribution < 1.29 is 4.79 Å². The topological polar surface area (TPSA) is 29.1 Å². The standard InChI is InChI=1S/C10H10Cl3NO/c1-6(5-11)10(15)14-8-4-2-3-7(12)9(8)13/h2-4,6H,5H2,1H3,(H,14,15). The number of halogens is 3. The fraction of sp³-hybridized carbons (Fsp3) is 0.300. The van der Waals surface area contributed by atoms with Gasteiger partial charge in [-0.3, -0.25) is 4.79 Å². The van der Waals surface area contributed by atoms with Gasteiger partial charge in [-0.2, -0.15) is 0 Å². The molecular formula is C10H10Cl3NO. The number of anilines is 1. The van der Waals surface area contributed by atoms with Gasteiger partial charge in [0.25, 0.3) is 0 Å². The first-order valence-electron chi connectivity index (χ1n) is 4.37. The Kier molecular flexibility index (Phi) is 4.71. The molecule has 0 aliphatic heterocycles. The molecule has 1 atom stereocenters. The van der Waals surface area contributed by atoms with Gasteiger partial charge in [0, 0.05) is 11.8 Å². The second-order valence-corrected chi connectivity index (χ2v) is 4.24. The molecule has 1 aromatic carbocycles. The fourth-order valence-electron chi connectivity index (χ4n) is 0.926. The number of alkyl halides is 1. The molecule has 0 aliphatic rings. The van der Waals surface area contributed by atoms with E-state index in [9.17, 15) is 4.79 Å². The van der Waals surface area contributed by atoms with Crippen molar-refractivity contribution in [2.24, 2.45) is 5.92 Å². The lowest BCUT2D eigenvalue weighted by molar-refractivity contribution is -0.118. The summed E-state index contributed by atoms with van der Waals surface area (Å²) in [4.78, 5) is 11.5. The van der Waals surface area contributed by atoms with Crippen LogP contribution in [0.3, 0.4) is 0 Å². The summed E-state index contributed by atoms with van der Waals surface area (Å²) in [6.07, 6.45) is 0. The minimum absolute atomic E-state index is 0.172. The molecule has 1 aromatic rings. The third kappa shape index (κ3) is 3.26. The molecule has 0 saturated carbocycles. The van der Waals surface area contributed by atoms with Crippen molar-refractivity contribution in [3.8, 4) is 0 Å². The van der Waals surface area contributed by atoms with E-state index in [2.05, 4.69) is 5.32 Å². The van der Waals surface area contributed by atoms with Crippen LogP contribution in [0.25, 0.3) is 0 Å². The van der Waals surface area contributed by atoms with Crippen molar-refractivity contribution in [2.75, 3.05) is 11.2 Å². The normalized spacial score (nSPS) is 12.3. The summed E-state index contributed by atoms with van der Waals surface area (Å²) >= 11 is 17.3. The first kappa shape index (κ1) is 12.6. The van der Waals surface area contributed by atoms with Gasteiger partial charge >= 0.3 is 0 Å². The molecule has 1 rings (SSSR count). The molecule has 82 valence electrons. The lowest BCUT2D eigenvalue weighted by Gasteiger charge is -2.10. The summed E-state index contributed by atoms with van der Waals surface area (Å²) in [6, 6.07) is 5.06. The van der Waals surface area contributed by atoms with Crippen LogP contribution in [-0.2, 0) is 4.79 Å². The molecule has 0 heterocycles. The molecule has 0 aliphatic carbocycles. The Morgan fingerprint density at radius 3 is 2.73 bits per heavy atom. The smallest absolute Gasteiger partial charge is 0.228 e. The van der Waals surface area contributed by atoms with Crippen LogP contribution < -0.4 is 5.32 Å². The zero-order chi connectivity index (χ0) is 11.4. The van der Waals surface area contributed by atoms with Crippen molar-refractivity contribution in [3.05, 3.63) is 28.2 Å². The Balaban J connectivity index is 2.81. The van der Waals surface area contributed by atoms with Crippen LogP contribution >= 0.6 is 34.8 Å². The third-order valence-corrected chi connectivity index (χ3v) is 3.17. The molecule has 0 fully saturated rings. The molecule has 0 saturated heterocycles. The number of nitrogens with one attached hydrogen (secondary N) is 1. The largest absolute Gasteiger partial charge is 0.324 e. The monoisotopic (exact) mass is 265 g/mol. The van der Waals surface area contributed by atoms with Crippen molar-refractivity contribution >= 4 is 46.4 Å². The summed E-state index contributed by atoms with van der Waals surface area (Å²) in [5.41, 5.74) is 0.506. The van der Waals surface area contributed by atoms with Crippen LogP contribution in [-0.4, -0.2) is 11.8 Å². The average molecular weight is 267 g/mol. The predicted molar refractivity (Wildman–Crippen MR) is 65.0 cm³/mol. The first-order chi connectivity index (χ1) is 7.06. The van der Waals surface area contributed by atoms with Gasteiger partial charge in [0.2, 0.25) is 5.91 Å². The number of hydrogen-bond acceptors (Lipinski definition) is 1. The van der Waals surface area contributed by atoms with E-state index in [1.54, 1.807) is 25.1 Å². The van der Waals surface area contributed by atoms with E-state index in [1.165, 1.54) is 0 Å². The zero-order valence-electron chi connectivity index (χ0n) is 8.06. The maximum atomic E-state index is 11.5. The lowest BCUT2D eigenvalue weighted by Crippen LogP contribution is -2.21. The van der Waals surface area contributed by atoms with E-state index >= 15 is 0 Å². The van der Waals surface area contributed by atoms with Crippen LogP contribution in [0, 0.1) is 5.92 Å². The number of rotatable bonds is 3. The Morgan fingerprint density at radius 1 is 1.47 bits per heavy atom. The lowest BCUT2D eigenvalue weighted by atomic mass is 10.2. The van der Waals surface area contributed by atoms with Gasteiger partial charge in [0.05, 0.1) is 15.7 Å². The zero-order valence-corrected chi connectivity index (χ0v) is 10.3. The Labute approximate surface area is 104 Å². The maximum Gasteiger partial charge on any atom is 0.228 e. The Morgan fingerprint density at radius 2 is 2.13 bits per heavy atom. The van der Waals surface area contributed by atoms with Crippen LogP contribution in [0.15, 0.2) is 18.2 Å². The van der Waals surface area contributed by atoms with E-state index in [-0.39, 0.29) is 17.7 Å².